The molecule has 6 nitrogen and oxygen atoms in total. The van der Waals surface area contributed by atoms with Crippen molar-refractivity contribution < 1.29 is 24.2 Å². The van der Waals surface area contributed by atoms with Crippen molar-refractivity contribution >= 4 is 24.6 Å². The zero-order chi connectivity index (χ0) is 22.4. The zero-order valence-corrected chi connectivity index (χ0v) is 19.1. The zero-order valence-electron chi connectivity index (χ0n) is 18.2. The van der Waals surface area contributed by atoms with Crippen LogP contribution < -0.4 is 5.73 Å². The van der Waals surface area contributed by atoms with Crippen LogP contribution in [0.4, 0.5) is 0 Å². The van der Waals surface area contributed by atoms with Gasteiger partial charge in [-0.2, -0.15) is 12.6 Å². The molecule has 0 aliphatic heterocycles. The molecule has 172 valence electrons. The van der Waals surface area contributed by atoms with Crippen molar-refractivity contribution in [3.63, 3.8) is 0 Å². The molecular formula is C24H35NO5S. The summed E-state index contributed by atoms with van der Waals surface area (Å²) in [6, 6.07) is 9.34. The Morgan fingerprint density at radius 1 is 1.13 bits per heavy atom. The number of ether oxygens (including phenoxy) is 2. The standard InChI is InChI=1S/C14H18O5S.C10H17N/c1-10(9-20)14(17)19-12(13(15)16)8-18-7-11-5-3-2-4-6-11;11-10-4-7-1-8(5-10)3-9(2-7)6-10/h2-6,10,12,20H,7-9H2,1H3,(H,15,16);7-9H,1-6,11H2/t10-,12?;/m1./s1. The van der Waals surface area contributed by atoms with Gasteiger partial charge in [0.05, 0.1) is 19.1 Å². The van der Waals surface area contributed by atoms with Gasteiger partial charge in [0.15, 0.2) is 0 Å². The van der Waals surface area contributed by atoms with Gasteiger partial charge in [-0.15, -0.1) is 0 Å². The van der Waals surface area contributed by atoms with Crippen LogP contribution in [0.2, 0.25) is 0 Å². The largest absolute Gasteiger partial charge is 0.478 e. The van der Waals surface area contributed by atoms with Crippen molar-refractivity contribution in [2.75, 3.05) is 12.4 Å². The van der Waals surface area contributed by atoms with Gasteiger partial charge >= 0.3 is 11.9 Å². The van der Waals surface area contributed by atoms with Crippen molar-refractivity contribution in [2.24, 2.45) is 29.4 Å². The second kappa shape index (κ2) is 10.8. The first kappa shape index (κ1) is 24.1. The Balaban J connectivity index is 0.000000204. The molecule has 0 amide bonds. The quantitative estimate of drug-likeness (QED) is 0.414. The number of carboxylic acid groups (broad SMARTS) is 1. The Morgan fingerprint density at radius 2 is 1.68 bits per heavy atom. The molecule has 1 aromatic carbocycles. The molecule has 5 rings (SSSR count). The lowest BCUT2D eigenvalue weighted by atomic mass is 9.53. The molecule has 4 saturated carbocycles. The minimum absolute atomic E-state index is 0.185. The Bertz CT molecular complexity index is 705. The number of thiol groups is 1. The summed E-state index contributed by atoms with van der Waals surface area (Å²) in [4.78, 5) is 22.5. The van der Waals surface area contributed by atoms with E-state index in [1.165, 1.54) is 38.5 Å². The fourth-order valence-electron chi connectivity index (χ4n) is 5.52. The van der Waals surface area contributed by atoms with Gasteiger partial charge in [-0.05, 0) is 61.8 Å². The molecule has 3 N–H and O–H groups in total. The van der Waals surface area contributed by atoms with E-state index in [4.69, 9.17) is 20.3 Å². The van der Waals surface area contributed by atoms with Crippen LogP contribution in [0.3, 0.4) is 0 Å². The van der Waals surface area contributed by atoms with Gasteiger partial charge in [0.1, 0.15) is 0 Å². The second-order valence-corrected chi connectivity index (χ2v) is 9.99. The van der Waals surface area contributed by atoms with Crippen molar-refractivity contribution in [3.8, 4) is 0 Å². The lowest BCUT2D eigenvalue weighted by Crippen LogP contribution is -2.55. The van der Waals surface area contributed by atoms with E-state index in [0.29, 0.717) is 11.3 Å². The number of hydrogen-bond donors (Lipinski definition) is 3. The first-order valence-electron chi connectivity index (χ1n) is 11.2. The SMILES string of the molecule is C[C@H](CS)C(=O)OC(COCc1ccccc1)C(=O)O.NC12CC3CC(CC(C3)C1)C2. The van der Waals surface area contributed by atoms with Gasteiger partial charge < -0.3 is 20.3 Å². The summed E-state index contributed by atoms with van der Waals surface area (Å²) in [7, 11) is 0. The van der Waals surface area contributed by atoms with Crippen LogP contribution in [0.25, 0.3) is 0 Å². The summed E-state index contributed by atoms with van der Waals surface area (Å²) in [6.45, 7) is 1.71. The van der Waals surface area contributed by atoms with Crippen molar-refractivity contribution in [2.45, 2.75) is 63.7 Å². The van der Waals surface area contributed by atoms with Gasteiger partial charge in [-0.1, -0.05) is 37.3 Å². The molecule has 7 heteroatoms. The van der Waals surface area contributed by atoms with E-state index in [1.807, 2.05) is 30.3 Å². The van der Waals surface area contributed by atoms with Gasteiger partial charge in [0.25, 0.3) is 0 Å². The first-order valence-corrected chi connectivity index (χ1v) is 11.9. The Morgan fingerprint density at radius 3 is 2.13 bits per heavy atom. The maximum Gasteiger partial charge on any atom is 0.347 e. The fraction of sp³-hybridized carbons (Fsp3) is 0.667. The topological polar surface area (TPSA) is 98.8 Å². The molecule has 0 radical (unpaired) electrons. The van der Waals surface area contributed by atoms with Gasteiger partial charge in [0, 0.05) is 11.3 Å². The number of hydrogen-bond acceptors (Lipinski definition) is 6. The molecule has 0 heterocycles. The summed E-state index contributed by atoms with van der Waals surface area (Å²) < 4.78 is 10.2. The molecule has 0 saturated heterocycles. The number of carboxylic acids is 1. The second-order valence-electron chi connectivity index (χ2n) is 9.63. The summed E-state index contributed by atoms with van der Waals surface area (Å²) >= 11 is 3.97. The molecule has 31 heavy (non-hydrogen) atoms. The van der Waals surface area contributed by atoms with E-state index < -0.39 is 24.0 Å². The number of benzene rings is 1. The highest BCUT2D eigenvalue weighted by Crippen LogP contribution is 2.54. The number of aliphatic carboxylic acids is 1. The third kappa shape index (κ3) is 6.96. The molecule has 4 bridgehead atoms. The molecular weight excluding hydrogens is 414 g/mol. The van der Waals surface area contributed by atoms with Crippen LogP contribution in [-0.2, 0) is 25.7 Å². The predicted octanol–water partition coefficient (Wildman–Crippen LogP) is 3.68. The highest BCUT2D eigenvalue weighted by Gasteiger charge is 2.48. The van der Waals surface area contributed by atoms with E-state index >= 15 is 0 Å². The minimum Gasteiger partial charge on any atom is -0.478 e. The monoisotopic (exact) mass is 449 g/mol. The summed E-state index contributed by atoms with van der Waals surface area (Å²) in [5, 5.41) is 9.00. The Labute approximate surface area is 190 Å². The van der Waals surface area contributed by atoms with Gasteiger partial charge in [-0.25, -0.2) is 4.79 Å². The smallest absolute Gasteiger partial charge is 0.347 e. The van der Waals surface area contributed by atoms with Gasteiger partial charge in [0.2, 0.25) is 6.10 Å². The third-order valence-electron chi connectivity index (χ3n) is 6.68. The third-order valence-corrected chi connectivity index (χ3v) is 7.22. The molecule has 2 atom stereocenters. The van der Waals surface area contributed by atoms with Crippen LogP contribution >= 0.6 is 12.6 Å². The average Bonchev–Trinajstić information content (AvgIpc) is 2.71. The summed E-state index contributed by atoms with van der Waals surface area (Å²) in [5.41, 5.74) is 7.54. The van der Waals surface area contributed by atoms with Crippen LogP contribution in [-0.4, -0.2) is 41.0 Å². The van der Waals surface area contributed by atoms with Crippen LogP contribution in [0.5, 0.6) is 0 Å². The van der Waals surface area contributed by atoms with E-state index in [9.17, 15) is 9.59 Å². The summed E-state index contributed by atoms with van der Waals surface area (Å²) in [5.74, 6) is 1.10. The first-order chi connectivity index (χ1) is 14.8. The van der Waals surface area contributed by atoms with E-state index in [0.717, 1.165) is 23.3 Å². The number of carbonyl (C=O) groups is 2. The molecule has 4 aliphatic carbocycles. The van der Waals surface area contributed by atoms with Crippen molar-refractivity contribution in [1.82, 2.24) is 0 Å². The normalized spacial score (nSPS) is 30.1. The molecule has 1 aromatic rings. The molecule has 1 unspecified atom stereocenters. The molecule has 4 fully saturated rings. The predicted molar refractivity (Wildman–Crippen MR) is 122 cm³/mol. The maximum atomic E-state index is 11.5. The van der Waals surface area contributed by atoms with Crippen LogP contribution in [0.1, 0.15) is 51.0 Å². The highest BCUT2D eigenvalue weighted by molar-refractivity contribution is 7.80. The molecule has 0 aromatic heterocycles. The van der Waals surface area contributed by atoms with Crippen LogP contribution in [0, 0.1) is 23.7 Å². The van der Waals surface area contributed by atoms with Crippen molar-refractivity contribution in [1.29, 1.82) is 0 Å². The average molecular weight is 450 g/mol. The van der Waals surface area contributed by atoms with E-state index in [1.54, 1.807) is 6.92 Å². The van der Waals surface area contributed by atoms with Gasteiger partial charge in [-0.3, -0.25) is 4.79 Å². The van der Waals surface area contributed by atoms with Crippen LogP contribution in [0.15, 0.2) is 30.3 Å². The number of nitrogens with two attached hydrogens (primary N) is 1. The number of carbonyl (C=O) groups excluding carboxylic acids is 1. The maximum absolute atomic E-state index is 11.5. The highest BCUT2D eigenvalue weighted by atomic mass is 32.1. The van der Waals surface area contributed by atoms with E-state index in [2.05, 4.69) is 12.6 Å². The number of rotatable bonds is 8. The summed E-state index contributed by atoms with van der Waals surface area (Å²) in [6.07, 6.45) is 7.27. The minimum atomic E-state index is -1.30. The fourth-order valence-corrected chi connectivity index (χ4v) is 5.67. The Hall–Kier alpha value is -1.57. The number of esters is 1. The van der Waals surface area contributed by atoms with E-state index in [-0.39, 0.29) is 13.2 Å². The molecule has 4 aliphatic rings. The lowest BCUT2D eigenvalue weighted by Gasteiger charge is -2.55. The molecule has 0 spiro atoms. The lowest BCUT2D eigenvalue weighted by molar-refractivity contribution is -0.170. The van der Waals surface area contributed by atoms with Crippen molar-refractivity contribution in [3.05, 3.63) is 35.9 Å². The Kier molecular flexibility index (Phi) is 8.42.